The molecule has 4 N–H and O–H groups in total. The van der Waals surface area contributed by atoms with Gasteiger partial charge in [-0.3, -0.25) is 4.79 Å². The van der Waals surface area contributed by atoms with Gasteiger partial charge in [0.05, 0.1) is 6.54 Å². The summed E-state index contributed by atoms with van der Waals surface area (Å²) in [5.74, 6) is -1.64. The number of aromatic carboxylic acids is 1. The van der Waals surface area contributed by atoms with Crippen molar-refractivity contribution in [2.45, 2.75) is 26.4 Å². The zero-order chi connectivity index (χ0) is 22.1. The van der Waals surface area contributed by atoms with Crippen LogP contribution in [0.4, 0.5) is 4.39 Å². The molecule has 4 rings (SSSR count). The number of halogens is 1. The van der Waals surface area contributed by atoms with Gasteiger partial charge in [-0.05, 0) is 53.9 Å². The lowest BCUT2D eigenvalue weighted by Crippen LogP contribution is -2.14. The Morgan fingerprint density at radius 3 is 2.61 bits per heavy atom. The number of aromatic amines is 1. The van der Waals surface area contributed by atoms with Gasteiger partial charge >= 0.3 is 5.97 Å². The minimum Gasteiger partial charge on any atom is -0.477 e. The van der Waals surface area contributed by atoms with Gasteiger partial charge in [0.15, 0.2) is 0 Å². The summed E-state index contributed by atoms with van der Waals surface area (Å²) in [6.45, 7) is 2.24. The number of nitrogens with two attached hydrogens (primary N) is 1. The second kappa shape index (κ2) is 8.20. The maximum atomic E-state index is 14.6. The van der Waals surface area contributed by atoms with Crippen LogP contribution < -0.4 is 11.3 Å². The molecule has 6 nitrogen and oxygen atoms in total. The normalized spacial score (nSPS) is 11.2. The van der Waals surface area contributed by atoms with Crippen LogP contribution >= 0.6 is 0 Å². The second-order valence-corrected chi connectivity index (χ2v) is 7.36. The number of hydrogen-bond donors (Lipinski definition) is 3. The molecule has 0 radical (unpaired) electrons. The van der Waals surface area contributed by atoms with Gasteiger partial charge in [-0.2, -0.15) is 0 Å². The predicted octanol–water partition coefficient (Wildman–Crippen LogP) is 3.90. The number of carbonyl (C=O) groups is 1. The quantitative estimate of drug-likeness (QED) is 0.441. The lowest BCUT2D eigenvalue weighted by Gasteiger charge is -2.11. The fraction of sp³-hybridized carbons (Fsp3) is 0.167. The molecule has 0 saturated heterocycles. The molecule has 2 heterocycles. The van der Waals surface area contributed by atoms with Crippen LogP contribution in [0.3, 0.4) is 0 Å². The molecule has 31 heavy (non-hydrogen) atoms. The van der Waals surface area contributed by atoms with Gasteiger partial charge in [0, 0.05) is 40.3 Å². The molecular weight excluding hydrogens is 397 g/mol. The topological polar surface area (TPSA) is 101 Å². The third-order valence-corrected chi connectivity index (χ3v) is 5.50. The molecule has 0 bridgehead atoms. The molecule has 4 aromatic rings. The van der Waals surface area contributed by atoms with Gasteiger partial charge in [-0.25, -0.2) is 9.18 Å². The first-order valence-electron chi connectivity index (χ1n) is 9.98. The Labute approximate surface area is 177 Å². The van der Waals surface area contributed by atoms with E-state index < -0.39 is 11.8 Å². The Hall–Kier alpha value is -3.71. The third kappa shape index (κ3) is 3.64. The molecule has 0 atom stereocenters. The highest BCUT2D eigenvalue weighted by atomic mass is 19.1. The van der Waals surface area contributed by atoms with E-state index in [9.17, 15) is 19.1 Å². The summed E-state index contributed by atoms with van der Waals surface area (Å²) in [4.78, 5) is 27.6. The van der Waals surface area contributed by atoms with Crippen molar-refractivity contribution in [3.8, 4) is 11.1 Å². The van der Waals surface area contributed by atoms with E-state index in [1.54, 1.807) is 28.8 Å². The number of nitrogens with zero attached hydrogens (tertiary/aromatic N) is 1. The van der Waals surface area contributed by atoms with Crippen molar-refractivity contribution >= 4 is 16.9 Å². The third-order valence-electron chi connectivity index (χ3n) is 5.50. The lowest BCUT2D eigenvalue weighted by molar-refractivity contribution is 0.0687. The Kier molecular flexibility index (Phi) is 5.44. The molecule has 0 saturated carbocycles. The van der Waals surface area contributed by atoms with Crippen molar-refractivity contribution in [2.24, 2.45) is 5.73 Å². The summed E-state index contributed by atoms with van der Waals surface area (Å²) in [5, 5.41) is 10.8. The Bertz CT molecular complexity index is 1350. The molecule has 0 aliphatic carbocycles. The highest BCUT2D eigenvalue weighted by Gasteiger charge is 2.26. The van der Waals surface area contributed by atoms with Gasteiger partial charge in [0.25, 0.3) is 5.56 Å². The zero-order valence-corrected chi connectivity index (χ0v) is 17.0. The van der Waals surface area contributed by atoms with E-state index in [4.69, 9.17) is 5.73 Å². The van der Waals surface area contributed by atoms with Crippen LogP contribution in [0.5, 0.6) is 0 Å². The van der Waals surface area contributed by atoms with Crippen molar-refractivity contribution in [3.05, 3.63) is 93.3 Å². The average Bonchev–Trinajstić information content (AvgIpc) is 3.09. The van der Waals surface area contributed by atoms with E-state index in [-0.39, 0.29) is 29.9 Å². The zero-order valence-electron chi connectivity index (χ0n) is 17.0. The largest absolute Gasteiger partial charge is 0.477 e. The predicted molar refractivity (Wildman–Crippen MR) is 118 cm³/mol. The number of carboxylic acid groups (broad SMARTS) is 1. The summed E-state index contributed by atoms with van der Waals surface area (Å²) in [5.41, 5.74) is 8.54. The number of rotatable bonds is 6. The van der Waals surface area contributed by atoms with Crippen LogP contribution in [-0.4, -0.2) is 20.6 Å². The fourth-order valence-electron chi connectivity index (χ4n) is 3.95. The van der Waals surface area contributed by atoms with Crippen LogP contribution in [0.15, 0.2) is 59.5 Å². The van der Waals surface area contributed by atoms with Gasteiger partial charge < -0.3 is 20.4 Å². The molecule has 2 aromatic carbocycles. The van der Waals surface area contributed by atoms with Gasteiger partial charge in [-0.1, -0.05) is 19.1 Å². The molecular formula is C24H22FN3O3. The van der Waals surface area contributed by atoms with E-state index >= 15 is 0 Å². The molecule has 2 aromatic heterocycles. The molecule has 0 fully saturated rings. The molecule has 0 unspecified atom stereocenters. The number of H-pyrrole nitrogens is 1. The van der Waals surface area contributed by atoms with Crippen LogP contribution in [0.25, 0.3) is 22.0 Å². The summed E-state index contributed by atoms with van der Waals surface area (Å²) in [6, 6.07) is 13.5. The molecule has 7 heteroatoms. The Balaban J connectivity index is 2.06. The summed E-state index contributed by atoms with van der Waals surface area (Å²) in [6.07, 6.45) is 2.25. The van der Waals surface area contributed by atoms with E-state index in [1.807, 2.05) is 25.1 Å². The molecule has 0 aliphatic rings. The SMILES string of the molecule is CCc1ccc2c(c1)c(-c1ccc[nH]c1=O)c(C(=O)O)n2Cc1cc(CN)ccc1F. The fourth-order valence-corrected chi connectivity index (χ4v) is 3.95. The standard InChI is InChI=1S/C24H22FN3O3/c1-2-14-6-8-20-18(11-14)21(17-4-3-9-27-23(17)29)22(24(30)31)28(20)13-16-10-15(12-26)5-7-19(16)25/h3-11H,2,12-13,26H2,1H3,(H,27,29)(H,30,31). The smallest absolute Gasteiger partial charge is 0.353 e. The summed E-state index contributed by atoms with van der Waals surface area (Å²) >= 11 is 0. The van der Waals surface area contributed by atoms with Crippen molar-refractivity contribution in [2.75, 3.05) is 0 Å². The monoisotopic (exact) mass is 419 g/mol. The highest BCUT2D eigenvalue weighted by molar-refractivity contribution is 6.08. The highest BCUT2D eigenvalue weighted by Crippen LogP contribution is 2.35. The Morgan fingerprint density at radius 1 is 1.16 bits per heavy atom. The molecule has 0 aliphatic heterocycles. The van der Waals surface area contributed by atoms with Gasteiger partial charge in [0.2, 0.25) is 0 Å². The number of carboxylic acids is 1. The first-order chi connectivity index (χ1) is 14.9. The minimum absolute atomic E-state index is 0.00594. The molecule has 0 amide bonds. The maximum absolute atomic E-state index is 14.6. The number of hydrogen-bond acceptors (Lipinski definition) is 3. The van der Waals surface area contributed by atoms with Crippen molar-refractivity contribution < 1.29 is 14.3 Å². The van der Waals surface area contributed by atoms with Crippen LogP contribution in [0.2, 0.25) is 0 Å². The molecule has 0 spiro atoms. The van der Waals surface area contributed by atoms with Crippen LogP contribution in [0.1, 0.15) is 34.1 Å². The number of nitrogens with one attached hydrogen (secondary N) is 1. The number of aryl methyl sites for hydroxylation is 1. The number of fused-ring (bicyclic) bond motifs is 1. The lowest BCUT2D eigenvalue weighted by atomic mass is 10.0. The van der Waals surface area contributed by atoms with Crippen LogP contribution in [0, 0.1) is 5.82 Å². The first kappa shape index (κ1) is 20.6. The molecule has 158 valence electrons. The van der Waals surface area contributed by atoms with Crippen molar-refractivity contribution in [3.63, 3.8) is 0 Å². The van der Waals surface area contributed by atoms with E-state index in [1.165, 1.54) is 12.3 Å². The van der Waals surface area contributed by atoms with Crippen LogP contribution in [-0.2, 0) is 19.5 Å². The first-order valence-corrected chi connectivity index (χ1v) is 9.98. The number of benzene rings is 2. The average molecular weight is 419 g/mol. The number of pyridine rings is 1. The van der Waals surface area contributed by atoms with E-state index in [2.05, 4.69) is 4.98 Å². The van der Waals surface area contributed by atoms with Crippen molar-refractivity contribution in [1.29, 1.82) is 0 Å². The second-order valence-electron chi connectivity index (χ2n) is 7.36. The minimum atomic E-state index is -1.19. The summed E-state index contributed by atoms with van der Waals surface area (Å²) in [7, 11) is 0. The van der Waals surface area contributed by atoms with E-state index in [0.717, 1.165) is 17.5 Å². The number of aromatic nitrogens is 2. The Morgan fingerprint density at radius 2 is 1.94 bits per heavy atom. The van der Waals surface area contributed by atoms with Gasteiger partial charge in [0.1, 0.15) is 11.5 Å². The van der Waals surface area contributed by atoms with Gasteiger partial charge in [-0.15, -0.1) is 0 Å². The van der Waals surface area contributed by atoms with Crippen molar-refractivity contribution in [1.82, 2.24) is 9.55 Å². The van der Waals surface area contributed by atoms with E-state index in [0.29, 0.717) is 22.0 Å². The summed E-state index contributed by atoms with van der Waals surface area (Å²) < 4.78 is 16.1. The maximum Gasteiger partial charge on any atom is 0.353 e.